The second-order valence-electron chi connectivity index (χ2n) is 3.99. The molecule has 0 aliphatic heterocycles. The first-order valence-electron chi connectivity index (χ1n) is 5.65. The van der Waals surface area contributed by atoms with E-state index in [9.17, 15) is 14.9 Å². The number of nitro groups is 1. The molecule has 0 aliphatic carbocycles. The molecule has 5 nitrogen and oxygen atoms in total. The van der Waals surface area contributed by atoms with Gasteiger partial charge in [0.15, 0.2) is 0 Å². The van der Waals surface area contributed by atoms with Crippen LogP contribution < -0.4 is 0 Å². The monoisotopic (exact) mass is 291 g/mol. The second-order valence-corrected chi connectivity index (χ2v) is 4.42. The molecular formula is C14H10ClNO4. The third kappa shape index (κ3) is 2.78. The molecule has 0 saturated heterocycles. The van der Waals surface area contributed by atoms with E-state index in [1.54, 1.807) is 24.3 Å². The maximum atomic E-state index is 11.4. The summed E-state index contributed by atoms with van der Waals surface area (Å²) in [5.74, 6) is -0.615. The molecule has 0 spiro atoms. The number of methoxy groups -OCH3 is 1. The Morgan fingerprint density at radius 1 is 1.20 bits per heavy atom. The molecule has 102 valence electrons. The standard InChI is InChI=1S/C14H10ClNO4/c1-20-14(17)10-4-7-12(13(8-10)16(18)19)9-2-5-11(15)6-3-9/h2-8H,1H3. The lowest BCUT2D eigenvalue weighted by Crippen LogP contribution is -2.02. The number of ether oxygens (including phenoxy) is 1. The Kier molecular flexibility index (Phi) is 4.00. The normalized spacial score (nSPS) is 10.1. The summed E-state index contributed by atoms with van der Waals surface area (Å²) in [4.78, 5) is 22.0. The van der Waals surface area contributed by atoms with Gasteiger partial charge < -0.3 is 4.74 Å². The van der Waals surface area contributed by atoms with Gasteiger partial charge in [-0.25, -0.2) is 4.79 Å². The molecule has 20 heavy (non-hydrogen) atoms. The third-order valence-corrected chi connectivity index (χ3v) is 3.02. The number of esters is 1. The summed E-state index contributed by atoms with van der Waals surface area (Å²) in [5, 5.41) is 11.7. The minimum absolute atomic E-state index is 0.136. The highest BCUT2D eigenvalue weighted by molar-refractivity contribution is 6.30. The van der Waals surface area contributed by atoms with Crippen LogP contribution in [0.3, 0.4) is 0 Å². The first kappa shape index (κ1) is 14.0. The van der Waals surface area contributed by atoms with E-state index in [1.165, 1.54) is 25.3 Å². The first-order valence-corrected chi connectivity index (χ1v) is 6.03. The summed E-state index contributed by atoms with van der Waals surface area (Å²) in [6.45, 7) is 0. The van der Waals surface area contributed by atoms with Crippen molar-refractivity contribution in [3.63, 3.8) is 0 Å². The number of benzene rings is 2. The Morgan fingerprint density at radius 3 is 2.40 bits per heavy atom. The molecule has 2 aromatic rings. The third-order valence-electron chi connectivity index (χ3n) is 2.77. The van der Waals surface area contributed by atoms with E-state index in [-0.39, 0.29) is 11.3 Å². The Bertz CT molecular complexity index is 667. The zero-order valence-corrected chi connectivity index (χ0v) is 11.3. The number of rotatable bonds is 3. The number of nitrogens with zero attached hydrogens (tertiary/aromatic N) is 1. The maximum Gasteiger partial charge on any atom is 0.338 e. The lowest BCUT2D eigenvalue weighted by molar-refractivity contribution is -0.384. The van der Waals surface area contributed by atoms with Crippen LogP contribution in [0, 0.1) is 10.1 Å². The first-order chi connectivity index (χ1) is 9.52. The molecule has 0 aromatic heterocycles. The highest BCUT2D eigenvalue weighted by Gasteiger charge is 2.18. The van der Waals surface area contributed by atoms with Gasteiger partial charge in [0.05, 0.1) is 23.2 Å². The van der Waals surface area contributed by atoms with Crippen LogP contribution in [0.5, 0.6) is 0 Å². The molecule has 0 atom stereocenters. The fourth-order valence-electron chi connectivity index (χ4n) is 1.80. The van der Waals surface area contributed by atoms with Crippen molar-refractivity contribution in [3.8, 4) is 11.1 Å². The lowest BCUT2D eigenvalue weighted by Gasteiger charge is -2.05. The molecular weight excluding hydrogens is 282 g/mol. The van der Waals surface area contributed by atoms with Gasteiger partial charge in [-0.2, -0.15) is 0 Å². The summed E-state index contributed by atoms with van der Waals surface area (Å²) in [7, 11) is 1.22. The smallest absolute Gasteiger partial charge is 0.338 e. The SMILES string of the molecule is COC(=O)c1ccc(-c2ccc(Cl)cc2)c([N+](=O)[O-])c1. The van der Waals surface area contributed by atoms with E-state index < -0.39 is 10.9 Å². The highest BCUT2D eigenvalue weighted by Crippen LogP contribution is 2.31. The molecule has 0 unspecified atom stereocenters. The number of carbonyl (C=O) groups is 1. The topological polar surface area (TPSA) is 69.4 Å². The fraction of sp³-hybridized carbons (Fsp3) is 0.0714. The van der Waals surface area contributed by atoms with Gasteiger partial charge >= 0.3 is 5.97 Å². The van der Waals surface area contributed by atoms with Crippen LogP contribution >= 0.6 is 11.6 Å². The number of hydrogen-bond donors (Lipinski definition) is 0. The molecule has 2 aromatic carbocycles. The Labute approximate surface area is 119 Å². The van der Waals surface area contributed by atoms with Crippen LogP contribution in [0.2, 0.25) is 5.02 Å². The second kappa shape index (κ2) is 5.71. The summed E-state index contributed by atoms with van der Waals surface area (Å²) in [6.07, 6.45) is 0. The van der Waals surface area contributed by atoms with Gasteiger partial charge in [-0.1, -0.05) is 23.7 Å². The van der Waals surface area contributed by atoms with Crippen LogP contribution in [0.1, 0.15) is 10.4 Å². The zero-order chi connectivity index (χ0) is 14.7. The van der Waals surface area contributed by atoms with Crippen molar-refractivity contribution in [2.75, 3.05) is 7.11 Å². The summed E-state index contributed by atoms with van der Waals surface area (Å²) in [5.41, 5.74) is 1.05. The molecule has 0 amide bonds. The molecule has 6 heteroatoms. The van der Waals surface area contributed by atoms with Crippen LogP contribution in [-0.2, 0) is 4.74 Å². The average molecular weight is 292 g/mol. The number of halogens is 1. The Hall–Kier alpha value is -2.40. The average Bonchev–Trinajstić information content (AvgIpc) is 2.46. The predicted octanol–water partition coefficient (Wildman–Crippen LogP) is 3.70. The zero-order valence-electron chi connectivity index (χ0n) is 10.5. The molecule has 0 aliphatic rings. The van der Waals surface area contributed by atoms with Crippen molar-refractivity contribution in [1.29, 1.82) is 0 Å². The summed E-state index contributed by atoms with van der Waals surface area (Å²) in [6, 6.07) is 10.9. The maximum absolute atomic E-state index is 11.4. The molecule has 0 N–H and O–H groups in total. The molecule has 0 radical (unpaired) electrons. The van der Waals surface area contributed by atoms with Crippen molar-refractivity contribution in [1.82, 2.24) is 0 Å². The van der Waals surface area contributed by atoms with Gasteiger partial charge in [-0.15, -0.1) is 0 Å². The molecule has 0 bridgehead atoms. The number of hydrogen-bond acceptors (Lipinski definition) is 4. The van der Waals surface area contributed by atoms with Gasteiger partial charge in [-0.3, -0.25) is 10.1 Å². The quantitative estimate of drug-likeness (QED) is 0.491. The minimum Gasteiger partial charge on any atom is -0.465 e. The van der Waals surface area contributed by atoms with E-state index >= 15 is 0 Å². The molecule has 2 rings (SSSR count). The van der Waals surface area contributed by atoms with Crippen LogP contribution in [0.25, 0.3) is 11.1 Å². The van der Waals surface area contributed by atoms with Crippen LogP contribution in [0.15, 0.2) is 42.5 Å². The van der Waals surface area contributed by atoms with E-state index in [2.05, 4.69) is 4.74 Å². The Morgan fingerprint density at radius 2 is 1.85 bits per heavy atom. The van der Waals surface area contributed by atoms with Gasteiger partial charge in [0.2, 0.25) is 0 Å². The van der Waals surface area contributed by atoms with E-state index in [4.69, 9.17) is 11.6 Å². The fourth-order valence-corrected chi connectivity index (χ4v) is 1.93. The molecule has 0 heterocycles. The lowest BCUT2D eigenvalue weighted by atomic mass is 10.0. The van der Waals surface area contributed by atoms with Crippen molar-refractivity contribution >= 4 is 23.3 Å². The summed E-state index contributed by atoms with van der Waals surface area (Å²) >= 11 is 5.79. The number of nitro benzene ring substituents is 1. The van der Waals surface area contributed by atoms with E-state index in [0.717, 1.165) is 0 Å². The minimum atomic E-state index is -0.615. The largest absolute Gasteiger partial charge is 0.465 e. The van der Waals surface area contributed by atoms with E-state index in [0.29, 0.717) is 16.1 Å². The summed E-state index contributed by atoms with van der Waals surface area (Å²) < 4.78 is 4.55. The van der Waals surface area contributed by atoms with Gasteiger partial charge in [0.25, 0.3) is 5.69 Å². The highest BCUT2D eigenvalue weighted by atomic mass is 35.5. The van der Waals surface area contributed by atoms with Crippen molar-refractivity contribution < 1.29 is 14.5 Å². The molecule has 0 saturated carbocycles. The van der Waals surface area contributed by atoms with Crippen molar-refractivity contribution in [3.05, 3.63) is 63.2 Å². The van der Waals surface area contributed by atoms with Crippen LogP contribution in [-0.4, -0.2) is 18.0 Å². The predicted molar refractivity (Wildman–Crippen MR) is 74.9 cm³/mol. The Balaban J connectivity index is 2.56. The van der Waals surface area contributed by atoms with Gasteiger partial charge in [0, 0.05) is 11.1 Å². The van der Waals surface area contributed by atoms with E-state index in [1.807, 2.05) is 0 Å². The van der Waals surface area contributed by atoms with Gasteiger partial charge in [0.1, 0.15) is 0 Å². The van der Waals surface area contributed by atoms with Crippen LogP contribution in [0.4, 0.5) is 5.69 Å². The number of carbonyl (C=O) groups excluding carboxylic acids is 1. The van der Waals surface area contributed by atoms with Gasteiger partial charge in [-0.05, 0) is 29.8 Å². The van der Waals surface area contributed by atoms with Crippen molar-refractivity contribution in [2.45, 2.75) is 0 Å². The molecule has 0 fully saturated rings. The van der Waals surface area contributed by atoms with Crippen molar-refractivity contribution in [2.24, 2.45) is 0 Å².